The van der Waals surface area contributed by atoms with Crippen LogP contribution in [0.4, 0.5) is 16.3 Å². The molecule has 0 aliphatic carbocycles. The average Bonchev–Trinajstić information content (AvgIpc) is 3.14. The van der Waals surface area contributed by atoms with Gasteiger partial charge >= 0.3 is 6.03 Å². The van der Waals surface area contributed by atoms with Gasteiger partial charge in [0, 0.05) is 55.9 Å². The van der Waals surface area contributed by atoms with Crippen LogP contribution in [0, 0.1) is 6.92 Å². The normalized spacial score (nSPS) is 18.7. The second kappa shape index (κ2) is 10.7. The molecule has 1 N–H and O–H groups in total. The maximum Gasteiger partial charge on any atom is 0.322 e. The van der Waals surface area contributed by atoms with Gasteiger partial charge in [-0.15, -0.1) is 0 Å². The number of benzene rings is 2. The number of fused-ring (bicyclic) bond motifs is 2. The monoisotopic (exact) mass is 554 g/mol. The number of urea groups is 1. The van der Waals surface area contributed by atoms with Gasteiger partial charge in [0.15, 0.2) is 0 Å². The van der Waals surface area contributed by atoms with E-state index >= 15 is 0 Å². The Hall–Kier alpha value is -4.14. The SMILES string of the molecule is COc1ccc2c(c1)CCN(C1CCN(c3cc(C(=O)N4Cc5ccc(C)cc5C(C)(C)C4)ncn3)CC1)C(=O)N2. The topological polar surface area (TPSA) is 90.9 Å². The second-order valence-electron chi connectivity index (χ2n) is 12.1. The van der Waals surface area contributed by atoms with Gasteiger partial charge in [-0.05, 0) is 61.1 Å². The molecule has 0 spiro atoms. The van der Waals surface area contributed by atoms with Crippen LogP contribution in [0.25, 0.3) is 0 Å². The lowest BCUT2D eigenvalue weighted by atomic mass is 9.77. The van der Waals surface area contributed by atoms with Crippen molar-refractivity contribution in [2.45, 2.75) is 58.0 Å². The zero-order valence-corrected chi connectivity index (χ0v) is 24.3. The molecular weight excluding hydrogens is 516 g/mol. The zero-order chi connectivity index (χ0) is 28.7. The maximum atomic E-state index is 13.6. The summed E-state index contributed by atoms with van der Waals surface area (Å²) in [5.74, 6) is 1.49. The van der Waals surface area contributed by atoms with E-state index in [2.05, 4.69) is 59.2 Å². The minimum atomic E-state index is -0.139. The average molecular weight is 555 g/mol. The number of anilines is 2. The summed E-state index contributed by atoms with van der Waals surface area (Å²) in [5, 5.41) is 3.08. The van der Waals surface area contributed by atoms with Gasteiger partial charge in [-0.2, -0.15) is 0 Å². The molecule has 3 aliphatic rings. The molecule has 3 amide bonds. The van der Waals surface area contributed by atoms with Crippen LogP contribution in [0.2, 0.25) is 0 Å². The van der Waals surface area contributed by atoms with E-state index < -0.39 is 0 Å². The summed E-state index contributed by atoms with van der Waals surface area (Å²) in [6, 6.07) is 14.2. The van der Waals surface area contributed by atoms with E-state index in [1.54, 1.807) is 7.11 Å². The van der Waals surface area contributed by atoms with Crippen LogP contribution >= 0.6 is 0 Å². The number of hydrogen-bond acceptors (Lipinski definition) is 6. The summed E-state index contributed by atoms with van der Waals surface area (Å²) in [6.45, 7) is 9.89. The van der Waals surface area contributed by atoms with E-state index in [0.29, 0.717) is 25.3 Å². The minimum absolute atomic E-state index is 0.0523. The van der Waals surface area contributed by atoms with Crippen LogP contribution in [0.3, 0.4) is 0 Å². The highest BCUT2D eigenvalue weighted by Crippen LogP contribution is 2.35. The van der Waals surface area contributed by atoms with E-state index in [1.807, 2.05) is 34.1 Å². The molecule has 214 valence electrons. The molecule has 0 saturated carbocycles. The number of carbonyl (C=O) groups is 2. The Bertz CT molecular complexity index is 1480. The van der Waals surface area contributed by atoms with Gasteiger partial charge in [-0.3, -0.25) is 4.79 Å². The highest BCUT2D eigenvalue weighted by molar-refractivity contribution is 5.93. The van der Waals surface area contributed by atoms with Gasteiger partial charge in [0.25, 0.3) is 5.91 Å². The number of methoxy groups -OCH3 is 1. The van der Waals surface area contributed by atoms with Gasteiger partial charge in [-0.1, -0.05) is 37.6 Å². The summed E-state index contributed by atoms with van der Waals surface area (Å²) in [5.41, 5.74) is 5.97. The van der Waals surface area contributed by atoms with Crippen molar-refractivity contribution in [3.63, 3.8) is 0 Å². The fraction of sp³-hybridized carbons (Fsp3) is 0.438. The van der Waals surface area contributed by atoms with Crippen LogP contribution in [0.15, 0.2) is 48.8 Å². The number of rotatable bonds is 4. The number of carbonyl (C=O) groups excluding carboxylic acids is 2. The van der Waals surface area contributed by atoms with Crippen LogP contribution in [0.1, 0.15) is 59.4 Å². The summed E-state index contributed by atoms with van der Waals surface area (Å²) < 4.78 is 5.36. The van der Waals surface area contributed by atoms with Crippen molar-refractivity contribution in [1.82, 2.24) is 19.8 Å². The smallest absolute Gasteiger partial charge is 0.322 e. The molecule has 0 atom stereocenters. The molecule has 9 nitrogen and oxygen atoms in total. The number of aromatic nitrogens is 2. The fourth-order valence-electron chi connectivity index (χ4n) is 6.53. The molecule has 0 radical (unpaired) electrons. The van der Waals surface area contributed by atoms with Crippen molar-refractivity contribution in [2.75, 3.05) is 43.5 Å². The van der Waals surface area contributed by atoms with Gasteiger partial charge in [0.1, 0.15) is 23.6 Å². The predicted octanol–water partition coefficient (Wildman–Crippen LogP) is 4.79. The van der Waals surface area contributed by atoms with Crippen molar-refractivity contribution < 1.29 is 14.3 Å². The molecule has 6 rings (SSSR count). The first-order chi connectivity index (χ1) is 19.7. The van der Waals surface area contributed by atoms with Crippen LogP contribution < -0.4 is 15.0 Å². The minimum Gasteiger partial charge on any atom is -0.497 e. The second-order valence-corrected chi connectivity index (χ2v) is 12.1. The summed E-state index contributed by atoms with van der Waals surface area (Å²) in [6.07, 6.45) is 3.93. The Labute approximate surface area is 241 Å². The molecule has 1 saturated heterocycles. The Kier molecular flexibility index (Phi) is 7.05. The number of nitrogens with one attached hydrogen (secondary N) is 1. The first-order valence-electron chi connectivity index (χ1n) is 14.4. The maximum absolute atomic E-state index is 13.6. The van der Waals surface area contributed by atoms with Crippen molar-refractivity contribution in [1.29, 1.82) is 0 Å². The summed E-state index contributed by atoms with van der Waals surface area (Å²) >= 11 is 0. The molecule has 3 aliphatic heterocycles. The van der Waals surface area contributed by atoms with Gasteiger partial charge in [-0.25, -0.2) is 14.8 Å². The molecule has 41 heavy (non-hydrogen) atoms. The molecule has 2 aromatic carbocycles. The Morgan fingerprint density at radius 3 is 2.61 bits per heavy atom. The molecule has 0 unspecified atom stereocenters. The number of ether oxygens (including phenoxy) is 1. The highest BCUT2D eigenvalue weighted by atomic mass is 16.5. The Morgan fingerprint density at radius 2 is 1.83 bits per heavy atom. The number of hydrogen-bond donors (Lipinski definition) is 1. The van der Waals surface area contributed by atoms with Gasteiger partial charge < -0.3 is 24.8 Å². The lowest BCUT2D eigenvalue weighted by Gasteiger charge is -2.40. The van der Waals surface area contributed by atoms with Gasteiger partial charge in [0.05, 0.1) is 7.11 Å². The largest absolute Gasteiger partial charge is 0.497 e. The standard InChI is InChI=1S/C32H38N6O3/c1-21-5-6-23-18-37(19-32(2,3)26(23)15-21)30(39)28-17-29(34-20-33-28)36-12-10-24(11-13-36)38-14-9-22-16-25(41-4)7-8-27(22)35-31(38)40/h5-8,15-17,20,24H,9-14,18-19H2,1-4H3,(H,35,40). The quantitative estimate of drug-likeness (QED) is 0.499. The number of amides is 3. The molecule has 9 heteroatoms. The Morgan fingerprint density at radius 1 is 1.02 bits per heavy atom. The lowest BCUT2D eigenvalue weighted by molar-refractivity contribution is 0.0680. The first kappa shape index (κ1) is 27.1. The van der Waals surface area contributed by atoms with E-state index in [9.17, 15) is 9.59 Å². The Balaban J connectivity index is 1.11. The number of nitrogens with zero attached hydrogens (tertiary/aromatic N) is 5. The molecule has 3 aromatic rings. The van der Waals surface area contributed by atoms with Crippen LogP contribution in [0.5, 0.6) is 5.75 Å². The first-order valence-corrected chi connectivity index (χ1v) is 14.4. The highest BCUT2D eigenvalue weighted by Gasteiger charge is 2.35. The summed E-state index contributed by atoms with van der Waals surface area (Å²) in [4.78, 5) is 41.7. The lowest BCUT2D eigenvalue weighted by Crippen LogP contribution is -2.49. The fourth-order valence-corrected chi connectivity index (χ4v) is 6.53. The molecule has 1 aromatic heterocycles. The third kappa shape index (κ3) is 5.33. The number of aryl methyl sites for hydroxylation is 1. The molecule has 1 fully saturated rings. The van der Waals surface area contributed by atoms with Crippen molar-refractivity contribution in [2.24, 2.45) is 0 Å². The van der Waals surface area contributed by atoms with Crippen molar-refractivity contribution >= 4 is 23.4 Å². The zero-order valence-electron chi connectivity index (χ0n) is 24.3. The van der Waals surface area contributed by atoms with E-state index in [-0.39, 0.29) is 23.4 Å². The third-order valence-corrected chi connectivity index (χ3v) is 8.77. The summed E-state index contributed by atoms with van der Waals surface area (Å²) in [7, 11) is 1.65. The third-order valence-electron chi connectivity index (χ3n) is 8.77. The predicted molar refractivity (Wildman–Crippen MR) is 159 cm³/mol. The number of piperidine rings is 1. The van der Waals surface area contributed by atoms with Crippen molar-refractivity contribution in [3.8, 4) is 5.75 Å². The molecule has 0 bridgehead atoms. The van der Waals surface area contributed by atoms with E-state index in [0.717, 1.165) is 55.2 Å². The molecular formula is C32H38N6O3. The van der Waals surface area contributed by atoms with Crippen LogP contribution in [-0.2, 0) is 18.4 Å². The van der Waals surface area contributed by atoms with Gasteiger partial charge in [0.2, 0.25) is 0 Å². The van der Waals surface area contributed by atoms with E-state index in [4.69, 9.17) is 4.74 Å². The molecule has 4 heterocycles. The van der Waals surface area contributed by atoms with Crippen molar-refractivity contribution in [3.05, 3.63) is 76.7 Å². The van der Waals surface area contributed by atoms with E-state index in [1.165, 1.54) is 23.0 Å². The van der Waals surface area contributed by atoms with Crippen LogP contribution in [-0.4, -0.2) is 71.0 Å².